The van der Waals surface area contributed by atoms with Gasteiger partial charge in [-0.15, -0.1) is 0 Å². The highest BCUT2D eigenvalue weighted by atomic mass is 35.5. The summed E-state index contributed by atoms with van der Waals surface area (Å²) in [6.45, 7) is -0.574. The van der Waals surface area contributed by atoms with Gasteiger partial charge in [0.05, 0.1) is 5.02 Å². The smallest absolute Gasteiger partial charge is 0.264 e. The van der Waals surface area contributed by atoms with Crippen LogP contribution in [0.25, 0.3) is 0 Å². The Morgan fingerprint density at radius 1 is 1.10 bits per heavy atom. The highest BCUT2D eigenvalue weighted by Gasteiger charge is 2.58. The van der Waals surface area contributed by atoms with Gasteiger partial charge < -0.3 is 14.8 Å². The number of methoxy groups -OCH3 is 1. The third-order valence-corrected chi connectivity index (χ3v) is 6.09. The Morgan fingerprint density at radius 2 is 1.81 bits per heavy atom. The number of ketones is 1. The molecule has 4 rings (SSSR count). The van der Waals surface area contributed by atoms with Crippen LogP contribution in [0.5, 0.6) is 5.75 Å². The largest absolute Gasteiger partial charge is 0.484 e. The number of rotatable bonds is 7. The summed E-state index contributed by atoms with van der Waals surface area (Å²) in [5, 5.41) is 2.80. The number of hydrogen-bond acceptors (Lipinski definition) is 6. The lowest BCUT2D eigenvalue weighted by molar-refractivity contribution is -0.155. The van der Waals surface area contributed by atoms with E-state index in [1.807, 2.05) is 0 Å². The Bertz CT molecular complexity index is 901. The number of carbonyl (C=O) groups excluding carboxylic acids is 4. The molecule has 1 aromatic rings. The molecule has 11 heteroatoms. The van der Waals surface area contributed by atoms with E-state index >= 15 is 0 Å². The molecular weight excluding hydrogens is 433 g/mol. The number of halogens is 2. The van der Waals surface area contributed by atoms with Crippen LogP contribution in [0.2, 0.25) is 5.02 Å². The van der Waals surface area contributed by atoms with Gasteiger partial charge in [0.25, 0.3) is 17.7 Å². The lowest BCUT2D eigenvalue weighted by atomic mass is 9.56. The molecule has 0 unspecified atom stereocenters. The van der Waals surface area contributed by atoms with Gasteiger partial charge in [0.2, 0.25) is 0 Å². The SMILES string of the molecule is COCC(=O)NNC(=O)C12CCC(NC(=O)COc3ccc(Cl)c(F)c3)(CC1)CC2=O. The molecule has 3 fully saturated rings. The number of Topliss-reactive ketones (excluding diaryl/α,β-unsaturated/α-hetero) is 1. The van der Waals surface area contributed by atoms with Crippen LogP contribution in [0.4, 0.5) is 4.39 Å². The van der Waals surface area contributed by atoms with Gasteiger partial charge in [-0.05, 0) is 37.8 Å². The van der Waals surface area contributed by atoms with Crippen LogP contribution in [0, 0.1) is 11.2 Å². The van der Waals surface area contributed by atoms with Gasteiger partial charge in [-0.3, -0.25) is 30.0 Å². The Morgan fingerprint density at radius 3 is 2.42 bits per heavy atom. The minimum absolute atomic E-state index is 0.00769. The lowest BCUT2D eigenvalue weighted by Crippen LogP contribution is -2.65. The molecule has 2 bridgehead atoms. The third-order valence-electron chi connectivity index (χ3n) is 5.78. The third kappa shape index (κ3) is 4.96. The van der Waals surface area contributed by atoms with Crippen LogP contribution < -0.4 is 20.9 Å². The molecule has 9 nitrogen and oxygen atoms in total. The number of nitrogens with one attached hydrogen (secondary N) is 3. The van der Waals surface area contributed by atoms with Crippen molar-refractivity contribution >= 4 is 35.1 Å². The fraction of sp³-hybridized carbons (Fsp3) is 0.500. The second kappa shape index (κ2) is 9.19. The highest BCUT2D eigenvalue weighted by Crippen LogP contribution is 2.50. The Hall–Kier alpha value is -2.72. The van der Waals surface area contributed by atoms with E-state index < -0.39 is 34.5 Å². The topological polar surface area (TPSA) is 123 Å². The molecule has 3 saturated carbocycles. The standard InChI is InChI=1S/C20H23ClFN3O6/c1-30-10-17(28)24-25-18(29)20-6-4-19(5-7-20,9-15(20)26)23-16(27)11-31-12-2-3-13(21)14(22)8-12/h2-3,8H,4-7,9-11H2,1H3,(H,23,27)(H,24,28)(H,25,29). The van der Waals surface area contributed by atoms with Gasteiger partial charge in [0, 0.05) is 25.1 Å². The predicted octanol–water partition coefficient (Wildman–Crippen LogP) is 1.04. The van der Waals surface area contributed by atoms with Gasteiger partial charge in [-0.25, -0.2) is 4.39 Å². The van der Waals surface area contributed by atoms with Crippen molar-refractivity contribution < 1.29 is 33.0 Å². The molecule has 3 N–H and O–H groups in total. The van der Waals surface area contributed by atoms with Crippen molar-refractivity contribution in [3.8, 4) is 5.75 Å². The number of hydrazine groups is 1. The molecule has 0 radical (unpaired) electrons. The number of hydrogen-bond donors (Lipinski definition) is 3. The fourth-order valence-corrected chi connectivity index (χ4v) is 4.19. The van der Waals surface area contributed by atoms with Gasteiger partial charge >= 0.3 is 0 Å². The summed E-state index contributed by atoms with van der Waals surface area (Å²) in [4.78, 5) is 49.2. The summed E-state index contributed by atoms with van der Waals surface area (Å²) in [5.74, 6) is -2.33. The molecule has 168 valence electrons. The zero-order valence-corrected chi connectivity index (χ0v) is 17.6. The number of ether oxygens (including phenoxy) is 2. The first-order valence-electron chi connectivity index (χ1n) is 9.70. The van der Waals surface area contributed by atoms with Crippen molar-refractivity contribution in [1.29, 1.82) is 0 Å². The Kier molecular flexibility index (Phi) is 6.80. The summed E-state index contributed by atoms with van der Waals surface area (Å²) >= 11 is 5.61. The molecule has 3 aliphatic carbocycles. The molecule has 0 heterocycles. The van der Waals surface area contributed by atoms with Crippen molar-refractivity contribution in [2.45, 2.75) is 37.6 Å². The number of fused-ring (bicyclic) bond motifs is 3. The van der Waals surface area contributed by atoms with Crippen LogP contribution in [-0.2, 0) is 23.9 Å². The molecule has 0 spiro atoms. The van der Waals surface area contributed by atoms with Gasteiger partial charge in [0.15, 0.2) is 12.4 Å². The van der Waals surface area contributed by atoms with Crippen molar-refractivity contribution in [1.82, 2.24) is 16.2 Å². The summed E-state index contributed by atoms with van der Waals surface area (Å²) < 4.78 is 23.4. The number of carbonyl (C=O) groups is 4. The average Bonchev–Trinajstić information content (AvgIpc) is 2.73. The van der Waals surface area contributed by atoms with Gasteiger partial charge in [-0.1, -0.05) is 11.6 Å². The van der Waals surface area contributed by atoms with E-state index in [9.17, 15) is 23.6 Å². The summed E-state index contributed by atoms with van der Waals surface area (Å²) in [6, 6.07) is 3.85. The van der Waals surface area contributed by atoms with Crippen molar-refractivity contribution in [2.24, 2.45) is 5.41 Å². The van der Waals surface area contributed by atoms with Crippen molar-refractivity contribution in [3.05, 3.63) is 29.0 Å². The maximum Gasteiger partial charge on any atom is 0.264 e. The number of amides is 3. The monoisotopic (exact) mass is 455 g/mol. The average molecular weight is 456 g/mol. The lowest BCUT2D eigenvalue weighted by Gasteiger charge is -2.51. The zero-order valence-electron chi connectivity index (χ0n) is 16.9. The normalized spacial score (nSPS) is 24.4. The summed E-state index contributed by atoms with van der Waals surface area (Å²) in [7, 11) is 1.35. The van der Waals surface area contributed by atoms with Crippen LogP contribution in [0.1, 0.15) is 32.1 Å². The van der Waals surface area contributed by atoms with E-state index in [-0.39, 0.29) is 49.0 Å². The molecule has 0 aliphatic heterocycles. The first-order valence-corrected chi connectivity index (χ1v) is 10.1. The van der Waals surface area contributed by atoms with E-state index in [1.165, 1.54) is 19.2 Å². The van der Waals surface area contributed by atoms with E-state index in [4.69, 9.17) is 16.3 Å². The van der Waals surface area contributed by atoms with E-state index in [2.05, 4.69) is 20.9 Å². The van der Waals surface area contributed by atoms with E-state index in [1.54, 1.807) is 0 Å². The summed E-state index contributed by atoms with van der Waals surface area (Å²) in [6.07, 6.45) is 1.37. The molecule has 0 aromatic heterocycles. The molecule has 3 aliphatic rings. The predicted molar refractivity (Wildman–Crippen MR) is 106 cm³/mol. The number of benzene rings is 1. The van der Waals surface area contributed by atoms with E-state index in [0.717, 1.165) is 6.07 Å². The highest BCUT2D eigenvalue weighted by molar-refractivity contribution is 6.30. The molecule has 1 aromatic carbocycles. The molecule has 31 heavy (non-hydrogen) atoms. The molecule has 0 saturated heterocycles. The Balaban J connectivity index is 1.54. The van der Waals surface area contributed by atoms with Crippen molar-refractivity contribution in [2.75, 3.05) is 20.3 Å². The molecule has 3 amide bonds. The van der Waals surface area contributed by atoms with Crippen molar-refractivity contribution in [3.63, 3.8) is 0 Å². The van der Waals surface area contributed by atoms with Crippen LogP contribution in [-0.4, -0.2) is 49.4 Å². The van der Waals surface area contributed by atoms with Gasteiger partial charge in [-0.2, -0.15) is 0 Å². The van der Waals surface area contributed by atoms with Crippen LogP contribution >= 0.6 is 11.6 Å². The van der Waals surface area contributed by atoms with E-state index in [0.29, 0.717) is 12.8 Å². The maximum absolute atomic E-state index is 13.5. The minimum atomic E-state index is -1.22. The van der Waals surface area contributed by atoms with Gasteiger partial charge in [0.1, 0.15) is 23.6 Å². The van der Waals surface area contributed by atoms with Crippen LogP contribution in [0.15, 0.2) is 18.2 Å². The minimum Gasteiger partial charge on any atom is -0.484 e. The zero-order chi connectivity index (χ0) is 22.6. The fourth-order valence-electron chi connectivity index (χ4n) is 4.07. The Labute approximate surface area is 182 Å². The molecular formula is C20H23ClFN3O6. The quantitative estimate of drug-likeness (QED) is 0.417. The first kappa shape index (κ1) is 23.0. The second-order valence-corrected chi connectivity index (χ2v) is 8.22. The second-order valence-electron chi connectivity index (χ2n) is 7.81. The first-order chi connectivity index (χ1) is 14.7. The molecule has 0 atom stereocenters. The summed E-state index contributed by atoms with van der Waals surface area (Å²) in [5.41, 5.74) is 2.56. The van der Waals surface area contributed by atoms with Crippen LogP contribution in [0.3, 0.4) is 0 Å². The maximum atomic E-state index is 13.5.